The molecule has 0 aliphatic carbocycles. The van der Waals surface area contributed by atoms with Crippen LogP contribution < -0.4 is 10.5 Å². The highest BCUT2D eigenvalue weighted by molar-refractivity contribution is 5.45. The zero-order chi connectivity index (χ0) is 13.7. The van der Waals surface area contributed by atoms with Gasteiger partial charge in [0, 0.05) is 0 Å². The molecule has 0 bridgehead atoms. The number of hydrogen-bond donors (Lipinski definition) is 1. The molecule has 1 aromatic carbocycles. The third-order valence-corrected chi connectivity index (χ3v) is 2.51. The van der Waals surface area contributed by atoms with E-state index >= 15 is 0 Å². The van der Waals surface area contributed by atoms with Crippen molar-refractivity contribution in [3.8, 4) is 11.4 Å². The number of hydrogen-bond acceptors (Lipinski definition) is 4. The molecule has 19 heavy (non-hydrogen) atoms. The molecule has 0 saturated heterocycles. The van der Waals surface area contributed by atoms with Crippen molar-refractivity contribution in [1.82, 2.24) is 15.0 Å². The fourth-order valence-electron chi connectivity index (χ4n) is 1.66. The van der Waals surface area contributed by atoms with E-state index in [1.54, 1.807) is 24.4 Å². The van der Waals surface area contributed by atoms with E-state index in [4.69, 9.17) is 5.73 Å². The minimum Gasteiger partial charge on any atom is -0.433 e. The summed E-state index contributed by atoms with van der Waals surface area (Å²) < 4.78 is 30.5. The summed E-state index contributed by atoms with van der Waals surface area (Å²) in [6.07, 6.45) is 3.19. The average molecular weight is 268 g/mol. The Morgan fingerprint density at radius 2 is 2.11 bits per heavy atom. The topological polar surface area (TPSA) is 66.0 Å². The predicted octanol–water partition coefficient (Wildman–Crippen LogP) is 1.76. The van der Waals surface area contributed by atoms with Crippen LogP contribution in [-0.4, -0.2) is 28.2 Å². The molecule has 7 heteroatoms. The summed E-state index contributed by atoms with van der Waals surface area (Å²) in [7, 11) is 0. The molecule has 0 fully saturated rings. The number of aryl methyl sites for hydroxylation is 1. The molecular formula is C12H14F2N4O. The van der Waals surface area contributed by atoms with Crippen molar-refractivity contribution in [3.63, 3.8) is 0 Å². The summed E-state index contributed by atoms with van der Waals surface area (Å²) in [6.45, 7) is -2.31. The van der Waals surface area contributed by atoms with E-state index in [-0.39, 0.29) is 5.75 Å². The van der Waals surface area contributed by atoms with Gasteiger partial charge in [-0.25, -0.2) is 4.68 Å². The molecule has 2 N–H and O–H groups in total. The fourth-order valence-corrected chi connectivity index (χ4v) is 1.66. The van der Waals surface area contributed by atoms with Gasteiger partial charge in [-0.2, -0.15) is 8.78 Å². The van der Waals surface area contributed by atoms with E-state index in [1.807, 2.05) is 0 Å². The fraction of sp³-hybridized carbons (Fsp3) is 0.333. The normalized spacial score (nSPS) is 10.9. The van der Waals surface area contributed by atoms with Crippen LogP contribution in [0.1, 0.15) is 12.1 Å². The molecule has 0 amide bonds. The molecule has 2 aromatic rings. The van der Waals surface area contributed by atoms with Gasteiger partial charge < -0.3 is 10.5 Å². The van der Waals surface area contributed by atoms with Gasteiger partial charge in [-0.1, -0.05) is 17.3 Å². The van der Waals surface area contributed by atoms with Gasteiger partial charge in [0.1, 0.15) is 5.69 Å². The third kappa shape index (κ3) is 3.47. The quantitative estimate of drug-likeness (QED) is 0.867. The van der Waals surface area contributed by atoms with Gasteiger partial charge in [-0.15, -0.1) is 5.10 Å². The average Bonchev–Trinajstić information content (AvgIpc) is 2.85. The van der Waals surface area contributed by atoms with E-state index in [0.717, 1.165) is 12.1 Å². The van der Waals surface area contributed by atoms with Gasteiger partial charge in [0.25, 0.3) is 0 Å². The molecule has 0 aliphatic heterocycles. The van der Waals surface area contributed by atoms with Gasteiger partial charge in [0.05, 0.1) is 11.9 Å². The van der Waals surface area contributed by atoms with E-state index in [0.29, 0.717) is 18.7 Å². The first kappa shape index (κ1) is 13.4. The molecule has 102 valence electrons. The van der Waals surface area contributed by atoms with Crippen molar-refractivity contribution < 1.29 is 13.5 Å². The number of nitrogens with zero attached hydrogens (tertiary/aromatic N) is 3. The second kappa shape index (κ2) is 6.24. The molecule has 0 radical (unpaired) electrons. The first-order valence-electron chi connectivity index (χ1n) is 5.86. The molecule has 0 unspecified atom stereocenters. The van der Waals surface area contributed by atoms with Crippen molar-refractivity contribution in [2.75, 3.05) is 6.54 Å². The summed E-state index contributed by atoms with van der Waals surface area (Å²) in [4.78, 5) is 0. The number of benzene rings is 1. The summed E-state index contributed by atoms with van der Waals surface area (Å²) in [5, 5.41) is 7.87. The van der Waals surface area contributed by atoms with Crippen molar-refractivity contribution in [3.05, 3.63) is 36.2 Å². The summed E-state index contributed by atoms with van der Waals surface area (Å²) >= 11 is 0. The van der Waals surface area contributed by atoms with Gasteiger partial charge >= 0.3 is 6.61 Å². The Labute approximate surface area is 109 Å². The van der Waals surface area contributed by atoms with Gasteiger partial charge in [-0.3, -0.25) is 0 Å². The largest absolute Gasteiger partial charge is 0.433 e. The highest BCUT2D eigenvalue weighted by Gasteiger charge is 2.12. The molecule has 0 saturated carbocycles. The first-order valence-corrected chi connectivity index (χ1v) is 5.86. The molecular weight excluding hydrogens is 254 g/mol. The Kier molecular flexibility index (Phi) is 4.40. The monoisotopic (exact) mass is 268 g/mol. The molecule has 0 spiro atoms. The highest BCUT2D eigenvalue weighted by Crippen LogP contribution is 2.23. The zero-order valence-electron chi connectivity index (χ0n) is 10.2. The smallest absolute Gasteiger partial charge is 0.387 e. The third-order valence-electron chi connectivity index (χ3n) is 2.51. The molecule has 2 rings (SSSR count). The van der Waals surface area contributed by atoms with Gasteiger partial charge in [0.15, 0.2) is 5.75 Å². The van der Waals surface area contributed by atoms with E-state index in [2.05, 4.69) is 15.0 Å². The van der Waals surface area contributed by atoms with Crippen LogP contribution in [0.5, 0.6) is 5.75 Å². The first-order chi connectivity index (χ1) is 9.20. The van der Waals surface area contributed by atoms with Crippen LogP contribution in [0.25, 0.3) is 5.69 Å². The van der Waals surface area contributed by atoms with E-state index in [9.17, 15) is 8.78 Å². The maximum atomic E-state index is 12.3. The number of alkyl halides is 2. The van der Waals surface area contributed by atoms with Crippen LogP contribution in [0.4, 0.5) is 8.78 Å². The molecule has 1 heterocycles. The minimum atomic E-state index is -2.87. The van der Waals surface area contributed by atoms with E-state index < -0.39 is 6.61 Å². The Balaban J connectivity index is 2.23. The number of aromatic nitrogens is 3. The summed E-state index contributed by atoms with van der Waals surface area (Å²) in [5.41, 5.74) is 6.60. The SMILES string of the molecule is NCCCc1cn(-c2ccccc2OC(F)F)nn1. The Morgan fingerprint density at radius 3 is 2.84 bits per heavy atom. The van der Waals surface area contributed by atoms with Crippen LogP contribution in [0, 0.1) is 0 Å². The lowest BCUT2D eigenvalue weighted by Crippen LogP contribution is -2.06. The Hall–Kier alpha value is -2.02. The van der Waals surface area contributed by atoms with Crippen molar-refractivity contribution in [2.24, 2.45) is 5.73 Å². The standard InChI is InChI=1S/C12H14F2N4O/c13-12(14)19-11-6-2-1-5-10(11)18-8-9(16-17-18)4-3-7-15/h1-2,5-6,8,12H,3-4,7,15H2. The van der Waals surface area contributed by atoms with Crippen molar-refractivity contribution >= 4 is 0 Å². The molecule has 0 atom stereocenters. The lowest BCUT2D eigenvalue weighted by Gasteiger charge is -2.09. The predicted molar refractivity (Wildman–Crippen MR) is 65.4 cm³/mol. The number of nitrogens with two attached hydrogens (primary N) is 1. The molecule has 0 aliphatic rings. The van der Waals surface area contributed by atoms with Crippen LogP contribution in [-0.2, 0) is 6.42 Å². The van der Waals surface area contributed by atoms with Gasteiger partial charge in [-0.05, 0) is 31.5 Å². The lowest BCUT2D eigenvalue weighted by atomic mass is 10.2. The maximum Gasteiger partial charge on any atom is 0.387 e. The second-order valence-corrected chi connectivity index (χ2v) is 3.89. The van der Waals surface area contributed by atoms with E-state index in [1.165, 1.54) is 10.7 Å². The summed E-state index contributed by atoms with van der Waals surface area (Å²) in [5.74, 6) is 0.0628. The lowest BCUT2D eigenvalue weighted by molar-refractivity contribution is -0.0499. The molecule has 5 nitrogen and oxygen atoms in total. The Bertz CT molecular complexity index is 530. The van der Waals surface area contributed by atoms with Crippen LogP contribution in [0.15, 0.2) is 30.5 Å². The van der Waals surface area contributed by atoms with Crippen LogP contribution in [0.3, 0.4) is 0 Å². The minimum absolute atomic E-state index is 0.0628. The zero-order valence-corrected chi connectivity index (χ0v) is 10.2. The number of rotatable bonds is 6. The highest BCUT2D eigenvalue weighted by atomic mass is 19.3. The molecule has 1 aromatic heterocycles. The van der Waals surface area contributed by atoms with Crippen LogP contribution in [0.2, 0.25) is 0 Å². The van der Waals surface area contributed by atoms with Crippen LogP contribution >= 0.6 is 0 Å². The second-order valence-electron chi connectivity index (χ2n) is 3.89. The van der Waals surface area contributed by atoms with Crippen molar-refractivity contribution in [2.45, 2.75) is 19.5 Å². The summed E-state index contributed by atoms with van der Waals surface area (Å²) in [6, 6.07) is 6.43. The Morgan fingerprint density at radius 1 is 1.32 bits per heavy atom. The maximum absolute atomic E-state index is 12.3. The van der Waals surface area contributed by atoms with Crippen molar-refractivity contribution in [1.29, 1.82) is 0 Å². The number of para-hydroxylation sites is 2. The number of ether oxygens (including phenoxy) is 1. The van der Waals surface area contributed by atoms with Gasteiger partial charge in [0.2, 0.25) is 0 Å². The number of halogens is 2.